The van der Waals surface area contributed by atoms with E-state index in [1.807, 2.05) is 79.7 Å². The first-order chi connectivity index (χ1) is 10.7. The zero-order chi connectivity index (χ0) is 15.4. The lowest BCUT2D eigenvalue weighted by molar-refractivity contribution is 0.476. The molecule has 0 aliphatic heterocycles. The topological polar surface area (TPSA) is 32.6 Å². The number of aromatic hydroxyl groups is 1. The molecule has 0 unspecified atom stereocenters. The van der Waals surface area contributed by atoms with Gasteiger partial charge in [0.1, 0.15) is 5.75 Å². The second-order valence-corrected chi connectivity index (χ2v) is 5.21. The van der Waals surface area contributed by atoms with E-state index in [1.165, 1.54) is 0 Å². The molecule has 3 aromatic rings. The number of hydrogen-bond donors (Lipinski definition) is 1. The molecule has 0 saturated carbocycles. The molecule has 3 rings (SSSR count). The molecule has 0 aliphatic rings. The maximum Gasteiger partial charge on any atom is 0.132 e. The summed E-state index contributed by atoms with van der Waals surface area (Å²) in [7, 11) is 0. The van der Waals surface area contributed by atoms with Gasteiger partial charge in [-0.25, -0.2) is 0 Å². The second kappa shape index (κ2) is 6.27. The Morgan fingerprint density at radius 2 is 1.50 bits per heavy atom. The molecule has 0 saturated heterocycles. The standard InChI is InChI=1S/C20H17NO/c1-15-12-17(14-21-18-10-6-3-7-11-18)20(22)19(13-15)16-8-4-2-5-9-16/h2-14,22H,1H3. The average Bonchev–Trinajstić information content (AvgIpc) is 2.57. The van der Waals surface area contributed by atoms with E-state index in [-0.39, 0.29) is 5.75 Å². The summed E-state index contributed by atoms with van der Waals surface area (Å²) in [5.41, 5.74) is 4.51. The van der Waals surface area contributed by atoms with Crippen LogP contribution >= 0.6 is 0 Å². The summed E-state index contributed by atoms with van der Waals surface area (Å²) in [6, 6.07) is 23.5. The Kier molecular flexibility index (Phi) is 4.01. The molecule has 0 aliphatic carbocycles. The lowest BCUT2D eigenvalue weighted by Crippen LogP contribution is -1.89. The van der Waals surface area contributed by atoms with Crippen LogP contribution in [0.15, 0.2) is 77.8 Å². The van der Waals surface area contributed by atoms with Crippen LogP contribution in [0.2, 0.25) is 0 Å². The number of hydrogen-bond acceptors (Lipinski definition) is 2. The maximum absolute atomic E-state index is 10.6. The van der Waals surface area contributed by atoms with Crippen molar-refractivity contribution in [2.45, 2.75) is 6.92 Å². The van der Waals surface area contributed by atoms with E-state index in [0.29, 0.717) is 0 Å². The maximum atomic E-state index is 10.6. The lowest BCUT2D eigenvalue weighted by Gasteiger charge is -2.09. The third kappa shape index (κ3) is 3.07. The number of rotatable bonds is 3. The van der Waals surface area contributed by atoms with Crippen molar-refractivity contribution >= 4 is 11.9 Å². The molecule has 0 heterocycles. The highest BCUT2D eigenvalue weighted by Crippen LogP contribution is 2.32. The molecule has 0 aromatic heterocycles. The van der Waals surface area contributed by atoms with Crippen molar-refractivity contribution < 1.29 is 5.11 Å². The molecule has 2 heteroatoms. The van der Waals surface area contributed by atoms with Crippen LogP contribution in [0.5, 0.6) is 5.75 Å². The van der Waals surface area contributed by atoms with Crippen molar-refractivity contribution in [2.24, 2.45) is 4.99 Å². The minimum Gasteiger partial charge on any atom is -0.507 e. The molecular weight excluding hydrogens is 270 g/mol. The number of phenols is 1. The van der Waals surface area contributed by atoms with E-state index < -0.39 is 0 Å². The number of aryl methyl sites for hydroxylation is 1. The number of nitrogens with zero attached hydrogens (tertiary/aromatic N) is 1. The highest BCUT2D eigenvalue weighted by Gasteiger charge is 2.09. The molecular formula is C20H17NO. The van der Waals surface area contributed by atoms with E-state index in [1.54, 1.807) is 6.21 Å². The van der Waals surface area contributed by atoms with Gasteiger partial charge in [0.2, 0.25) is 0 Å². The fraction of sp³-hybridized carbons (Fsp3) is 0.0500. The molecule has 108 valence electrons. The van der Waals surface area contributed by atoms with Crippen molar-refractivity contribution in [2.75, 3.05) is 0 Å². The van der Waals surface area contributed by atoms with Gasteiger partial charge in [0.05, 0.1) is 5.69 Å². The van der Waals surface area contributed by atoms with E-state index >= 15 is 0 Å². The molecule has 0 bridgehead atoms. The highest BCUT2D eigenvalue weighted by molar-refractivity contribution is 5.90. The monoisotopic (exact) mass is 287 g/mol. The van der Waals surface area contributed by atoms with E-state index in [9.17, 15) is 5.11 Å². The summed E-state index contributed by atoms with van der Waals surface area (Å²) >= 11 is 0. The van der Waals surface area contributed by atoms with Crippen LogP contribution < -0.4 is 0 Å². The summed E-state index contributed by atoms with van der Waals surface area (Å²) in [5, 5.41) is 10.6. The Hall–Kier alpha value is -2.87. The minimum atomic E-state index is 0.261. The fourth-order valence-electron chi connectivity index (χ4n) is 2.40. The van der Waals surface area contributed by atoms with Gasteiger partial charge >= 0.3 is 0 Å². The van der Waals surface area contributed by atoms with Gasteiger partial charge in [-0.3, -0.25) is 4.99 Å². The predicted molar refractivity (Wildman–Crippen MR) is 92.0 cm³/mol. The number of phenolic OH excluding ortho intramolecular Hbond substituents is 1. The molecule has 0 radical (unpaired) electrons. The summed E-state index contributed by atoms with van der Waals surface area (Å²) < 4.78 is 0. The van der Waals surface area contributed by atoms with Gasteiger partial charge < -0.3 is 5.11 Å². The zero-order valence-electron chi connectivity index (χ0n) is 12.4. The molecule has 1 N–H and O–H groups in total. The van der Waals surface area contributed by atoms with Gasteiger partial charge in [-0.05, 0) is 42.3 Å². The summed E-state index contributed by atoms with van der Waals surface area (Å²) in [5.74, 6) is 0.261. The van der Waals surface area contributed by atoms with Gasteiger partial charge in [-0.15, -0.1) is 0 Å². The second-order valence-electron chi connectivity index (χ2n) is 5.21. The minimum absolute atomic E-state index is 0.261. The first-order valence-corrected chi connectivity index (χ1v) is 7.22. The van der Waals surface area contributed by atoms with E-state index in [4.69, 9.17) is 0 Å². The summed E-state index contributed by atoms with van der Waals surface area (Å²) in [6.07, 6.45) is 1.71. The third-order valence-electron chi connectivity index (χ3n) is 3.48. The Balaban J connectivity index is 2.02. The quantitative estimate of drug-likeness (QED) is 0.666. The van der Waals surface area contributed by atoms with Gasteiger partial charge in [-0.1, -0.05) is 48.5 Å². The van der Waals surface area contributed by atoms with Crippen LogP contribution in [0.4, 0.5) is 5.69 Å². The number of benzene rings is 3. The van der Waals surface area contributed by atoms with E-state index in [2.05, 4.69) is 4.99 Å². The highest BCUT2D eigenvalue weighted by atomic mass is 16.3. The smallest absolute Gasteiger partial charge is 0.132 e. The first kappa shape index (κ1) is 14.1. The first-order valence-electron chi connectivity index (χ1n) is 7.22. The van der Waals surface area contributed by atoms with Crippen LogP contribution in [0.25, 0.3) is 11.1 Å². The van der Waals surface area contributed by atoms with Crippen LogP contribution in [-0.2, 0) is 0 Å². The molecule has 0 fully saturated rings. The van der Waals surface area contributed by atoms with Gasteiger partial charge in [0.15, 0.2) is 0 Å². The Morgan fingerprint density at radius 1 is 0.864 bits per heavy atom. The third-order valence-corrected chi connectivity index (χ3v) is 3.48. The van der Waals surface area contributed by atoms with Crippen LogP contribution in [-0.4, -0.2) is 11.3 Å². The predicted octanol–water partition coefficient (Wildman–Crippen LogP) is 5.12. The van der Waals surface area contributed by atoms with Crippen LogP contribution in [0.1, 0.15) is 11.1 Å². The van der Waals surface area contributed by atoms with Crippen molar-refractivity contribution in [1.82, 2.24) is 0 Å². The lowest BCUT2D eigenvalue weighted by atomic mass is 9.99. The molecule has 0 spiro atoms. The Labute approximate surface area is 130 Å². The van der Waals surface area contributed by atoms with Crippen molar-refractivity contribution in [3.63, 3.8) is 0 Å². The van der Waals surface area contributed by atoms with Crippen LogP contribution in [0.3, 0.4) is 0 Å². The van der Waals surface area contributed by atoms with Gasteiger partial charge in [0, 0.05) is 17.3 Å². The van der Waals surface area contributed by atoms with Crippen molar-refractivity contribution in [3.05, 3.63) is 83.9 Å². The molecule has 0 atom stereocenters. The Bertz CT molecular complexity index is 793. The molecule has 2 nitrogen and oxygen atoms in total. The van der Waals surface area contributed by atoms with Crippen molar-refractivity contribution in [1.29, 1.82) is 0 Å². The molecule has 3 aromatic carbocycles. The van der Waals surface area contributed by atoms with Gasteiger partial charge in [-0.2, -0.15) is 0 Å². The summed E-state index contributed by atoms with van der Waals surface area (Å²) in [4.78, 5) is 4.43. The SMILES string of the molecule is Cc1cc(C=Nc2ccccc2)c(O)c(-c2ccccc2)c1. The Morgan fingerprint density at radius 3 is 2.18 bits per heavy atom. The fourth-order valence-corrected chi connectivity index (χ4v) is 2.40. The number of para-hydroxylation sites is 1. The van der Waals surface area contributed by atoms with Crippen LogP contribution in [0, 0.1) is 6.92 Å². The molecule has 22 heavy (non-hydrogen) atoms. The number of aliphatic imine (C=N–C) groups is 1. The normalized spacial score (nSPS) is 11.0. The molecule has 0 amide bonds. The largest absolute Gasteiger partial charge is 0.507 e. The average molecular weight is 287 g/mol. The summed E-state index contributed by atoms with van der Waals surface area (Å²) in [6.45, 7) is 2.02. The zero-order valence-corrected chi connectivity index (χ0v) is 12.4. The van der Waals surface area contributed by atoms with Gasteiger partial charge in [0.25, 0.3) is 0 Å². The van der Waals surface area contributed by atoms with Crippen molar-refractivity contribution in [3.8, 4) is 16.9 Å². The van der Waals surface area contributed by atoms with E-state index in [0.717, 1.165) is 27.9 Å².